The fourth-order valence-electron chi connectivity index (χ4n) is 2.39. The van der Waals surface area contributed by atoms with Crippen LogP contribution in [-0.4, -0.2) is 37.3 Å². The van der Waals surface area contributed by atoms with Crippen molar-refractivity contribution in [3.8, 4) is 0 Å². The minimum Gasteiger partial charge on any atom is -0.550 e. The summed E-state index contributed by atoms with van der Waals surface area (Å²) >= 11 is 10.5. The third-order valence-electron chi connectivity index (χ3n) is 3.50. The molecule has 0 bridgehead atoms. The van der Waals surface area contributed by atoms with Gasteiger partial charge in [-0.25, -0.2) is 0 Å². The molecule has 1 aliphatic carbocycles. The number of hydrogen-bond donors (Lipinski definition) is 0. The number of hydrogen-bond acceptors (Lipinski definition) is 5. The van der Waals surface area contributed by atoms with Crippen LogP contribution < -0.4 is 5.11 Å². The second kappa shape index (κ2) is 5.14. The highest BCUT2D eigenvalue weighted by Crippen LogP contribution is 2.64. The molecule has 1 fully saturated rings. The van der Waals surface area contributed by atoms with Crippen LogP contribution in [0.25, 0.3) is 0 Å². The zero-order chi connectivity index (χ0) is 17.0. The first kappa shape index (κ1) is 18.8. The van der Waals surface area contributed by atoms with Gasteiger partial charge in [0.1, 0.15) is 6.10 Å². The number of carbonyl (C=O) groups excluding carboxylic acids is 1. The Morgan fingerprint density at radius 1 is 1.33 bits per heavy atom. The molecule has 0 saturated heterocycles. The maximum Gasteiger partial charge on any atom is 0.424 e. The standard InChI is InChI=1S/C10H13Cl2F3O5S/c1-8(2)4(5(8)7(16)17)6(20-21(3,18)19)9(11,12)10(13,14)15/h4-6H,1-3H3,(H,16,17)/p-1. The predicted molar refractivity (Wildman–Crippen MR) is 66.0 cm³/mol. The van der Waals surface area contributed by atoms with E-state index in [4.69, 9.17) is 23.2 Å². The third kappa shape index (κ3) is 3.57. The molecule has 0 aromatic heterocycles. The number of halogens is 5. The lowest BCUT2D eigenvalue weighted by Crippen LogP contribution is -2.49. The topological polar surface area (TPSA) is 83.5 Å². The summed E-state index contributed by atoms with van der Waals surface area (Å²) in [6.07, 6.45) is -7.00. The monoisotopic (exact) mass is 371 g/mol. The van der Waals surface area contributed by atoms with E-state index >= 15 is 0 Å². The van der Waals surface area contributed by atoms with E-state index in [1.807, 2.05) is 0 Å². The maximum absolute atomic E-state index is 12.9. The number of aliphatic carboxylic acids is 1. The molecule has 0 aromatic carbocycles. The molecule has 0 N–H and O–H groups in total. The fraction of sp³-hybridized carbons (Fsp3) is 0.900. The molecular weight excluding hydrogens is 360 g/mol. The second-order valence-corrected chi connectivity index (χ2v) is 8.47. The molecule has 0 radical (unpaired) electrons. The molecule has 21 heavy (non-hydrogen) atoms. The van der Waals surface area contributed by atoms with Crippen molar-refractivity contribution in [2.75, 3.05) is 6.26 Å². The average Bonchev–Trinajstić information content (AvgIpc) is 2.74. The van der Waals surface area contributed by atoms with E-state index in [0.717, 1.165) is 0 Å². The SMILES string of the molecule is CC1(C)C(C(=O)[O-])C1C(OS(C)(=O)=O)C(Cl)(Cl)C(F)(F)F. The van der Waals surface area contributed by atoms with Crippen LogP contribution in [-0.2, 0) is 19.1 Å². The Balaban J connectivity index is 3.27. The molecule has 11 heteroatoms. The van der Waals surface area contributed by atoms with E-state index in [1.54, 1.807) is 0 Å². The molecular formula is C10H12Cl2F3O5S-. The molecule has 1 aliphatic rings. The molecule has 5 nitrogen and oxygen atoms in total. The van der Waals surface area contributed by atoms with Crippen LogP contribution in [0.1, 0.15) is 13.8 Å². The van der Waals surface area contributed by atoms with Crippen molar-refractivity contribution < 1.29 is 35.7 Å². The minimum atomic E-state index is -5.22. The first-order valence-corrected chi connectivity index (χ1v) is 8.14. The van der Waals surface area contributed by atoms with Gasteiger partial charge < -0.3 is 9.90 Å². The Morgan fingerprint density at radius 2 is 1.76 bits per heavy atom. The number of alkyl halides is 5. The van der Waals surface area contributed by atoms with Crippen LogP contribution in [0.5, 0.6) is 0 Å². The summed E-state index contributed by atoms with van der Waals surface area (Å²) in [5.74, 6) is -4.35. The molecule has 3 unspecified atom stereocenters. The quantitative estimate of drug-likeness (QED) is 0.533. The number of rotatable bonds is 5. The molecule has 1 rings (SSSR count). The van der Waals surface area contributed by atoms with Crippen LogP contribution >= 0.6 is 23.2 Å². The van der Waals surface area contributed by atoms with Crippen LogP contribution in [0.15, 0.2) is 0 Å². The average molecular weight is 372 g/mol. The van der Waals surface area contributed by atoms with Gasteiger partial charge in [0.15, 0.2) is 0 Å². The van der Waals surface area contributed by atoms with E-state index in [0.29, 0.717) is 6.26 Å². The lowest BCUT2D eigenvalue weighted by molar-refractivity contribution is -0.309. The molecule has 1 saturated carbocycles. The van der Waals surface area contributed by atoms with Gasteiger partial charge in [-0.15, -0.1) is 0 Å². The Bertz CT molecular complexity index is 543. The molecule has 0 spiro atoms. The van der Waals surface area contributed by atoms with E-state index in [1.165, 1.54) is 13.8 Å². The van der Waals surface area contributed by atoms with Gasteiger partial charge in [0, 0.05) is 17.8 Å². The minimum absolute atomic E-state index is 0.517. The van der Waals surface area contributed by atoms with Gasteiger partial charge in [-0.2, -0.15) is 21.6 Å². The predicted octanol–water partition coefficient (Wildman–Crippen LogP) is 1.09. The third-order valence-corrected chi connectivity index (χ3v) is 4.92. The lowest BCUT2D eigenvalue weighted by atomic mass is 10.0. The van der Waals surface area contributed by atoms with Crippen LogP contribution in [0.4, 0.5) is 13.2 Å². The zero-order valence-corrected chi connectivity index (χ0v) is 13.4. The van der Waals surface area contributed by atoms with Crippen molar-refractivity contribution in [2.45, 2.75) is 30.5 Å². The zero-order valence-electron chi connectivity index (χ0n) is 11.1. The highest BCUT2D eigenvalue weighted by atomic mass is 35.5. The van der Waals surface area contributed by atoms with Gasteiger partial charge in [0.2, 0.25) is 4.33 Å². The number of carboxylic acids is 1. The Kier molecular flexibility index (Phi) is 4.60. The normalized spacial score (nSPS) is 27.2. The van der Waals surface area contributed by atoms with Gasteiger partial charge >= 0.3 is 6.18 Å². The van der Waals surface area contributed by atoms with Crippen molar-refractivity contribution >= 4 is 39.3 Å². The highest BCUT2D eigenvalue weighted by molar-refractivity contribution is 7.86. The lowest BCUT2D eigenvalue weighted by Gasteiger charge is -2.31. The molecule has 124 valence electrons. The maximum atomic E-state index is 12.9. The Hall–Kier alpha value is -0.250. The van der Waals surface area contributed by atoms with E-state index in [9.17, 15) is 31.5 Å². The molecule has 0 aliphatic heterocycles. The smallest absolute Gasteiger partial charge is 0.424 e. The molecule has 0 aromatic rings. The Labute approximate surface area is 129 Å². The fourth-order valence-corrected chi connectivity index (χ4v) is 3.50. The summed E-state index contributed by atoms with van der Waals surface area (Å²) in [6.45, 7) is 2.66. The van der Waals surface area contributed by atoms with Gasteiger partial charge in [-0.05, 0) is 5.41 Å². The summed E-state index contributed by atoms with van der Waals surface area (Å²) in [5.41, 5.74) is -1.20. The summed E-state index contributed by atoms with van der Waals surface area (Å²) in [6, 6.07) is 0. The van der Waals surface area contributed by atoms with Gasteiger partial charge in [-0.1, -0.05) is 37.0 Å². The second-order valence-electron chi connectivity index (χ2n) is 5.49. The van der Waals surface area contributed by atoms with Gasteiger partial charge in [0.05, 0.1) is 6.26 Å². The first-order chi connectivity index (χ1) is 9.03. The van der Waals surface area contributed by atoms with E-state index in [-0.39, 0.29) is 0 Å². The van der Waals surface area contributed by atoms with Crippen LogP contribution in [0, 0.1) is 17.3 Å². The van der Waals surface area contributed by atoms with Gasteiger partial charge in [0.25, 0.3) is 10.1 Å². The summed E-state index contributed by atoms with van der Waals surface area (Å²) in [7, 11) is -4.35. The Morgan fingerprint density at radius 3 is 2.00 bits per heavy atom. The van der Waals surface area contributed by atoms with Crippen molar-refractivity contribution in [1.29, 1.82) is 0 Å². The van der Waals surface area contributed by atoms with Crippen molar-refractivity contribution in [2.24, 2.45) is 17.3 Å². The number of carbonyl (C=O) groups is 1. The van der Waals surface area contributed by atoms with Crippen LogP contribution in [0.2, 0.25) is 0 Å². The van der Waals surface area contributed by atoms with E-state index in [2.05, 4.69) is 4.18 Å². The van der Waals surface area contributed by atoms with Crippen LogP contribution in [0.3, 0.4) is 0 Å². The molecule has 0 amide bonds. The largest absolute Gasteiger partial charge is 0.550 e. The van der Waals surface area contributed by atoms with E-state index < -0.39 is 50.0 Å². The summed E-state index contributed by atoms with van der Waals surface area (Å²) in [5, 5.41) is 11.0. The summed E-state index contributed by atoms with van der Waals surface area (Å²) in [4.78, 5) is 11.0. The van der Waals surface area contributed by atoms with Gasteiger partial charge in [-0.3, -0.25) is 4.18 Å². The van der Waals surface area contributed by atoms with Crippen molar-refractivity contribution in [3.63, 3.8) is 0 Å². The highest BCUT2D eigenvalue weighted by Gasteiger charge is 2.71. The van der Waals surface area contributed by atoms with Crippen molar-refractivity contribution in [3.05, 3.63) is 0 Å². The van der Waals surface area contributed by atoms with Crippen molar-refractivity contribution in [1.82, 2.24) is 0 Å². The molecule has 3 atom stereocenters. The number of carboxylic acid groups (broad SMARTS) is 1. The molecule has 0 heterocycles. The first-order valence-electron chi connectivity index (χ1n) is 5.57. The summed E-state index contributed by atoms with van der Waals surface area (Å²) < 4.78 is 61.9.